The Kier molecular flexibility index (Phi) is 4.96. The maximum Gasteiger partial charge on any atom is 0.168 e. The van der Waals surface area contributed by atoms with Crippen molar-refractivity contribution < 1.29 is 14.2 Å². The summed E-state index contributed by atoms with van der Waals surface area (Å²) in [7, 11) is 0. The van der Waals surface area contributed by atoms with Crippen LogP contribution in [0.15, 0.2) is 12.1 Å². The maximum absolute atomic E-state index is 14.2. The molecule has 0 saturated carbocycles. The molecule has 5 heteroatoms. The first-order valence-corrected chi connectivity index (χ1v) is 8.19. The highest BCUT2D eigenvalue weighted by Crippen LogP contribution is 2.40. The number of benzene rings is 1. The predicted octanol–water partition coefficient (Wildman–Crippen LogP) is 2.21. The molecule has 0 bridgehead atoms. The Balaban J connectivity index is 1.94. The molecule has 22 heavy (non-hydrogen) atoms. The van der Waals surface area contributed by atoms with E-state index in [0.717, 1.165) is 57.8 Å². The van der Waals surface area contributed by atoms with Gasteiger partial charge in [-0.05, 0) is 31.2 Å². The van der Waals surface area contributed by atoms with Crippen molar-refractivity contribution in [1.82, 2.24) is 10.2 Å². The molecule has 2 saturated heterocycles. The third-order valence-electron chi connectivity index (χ3n) is 4.92. The van der Waals surface area contributed by atoms with Crippen LogP contribution in [-0.2, 0) is 4.74 Å². The van der Waals surface area contributed by atoms with Gasteiger partial charge in [0.15, 0.2) is 11.6 Å². The average molecular weight is 308 g/mol. The Labute approximate surface area is 131 Å². The fourth-order valence-electron chi connectivity index (χ4n) is 3.66. The van der Waals surface area contributed by atoms with Crippen LogP contribution < -0.4 is 5.32 Å². The number of aryl methyl sites for hydroxylation is 1. The highest BCUT2D eigenvalue weighted by atomic mass is 19.1. The van der Waals surface area contributed by atoms with Crippen LogP contribution in [0, 0.1) is 18.7 Å². The van der Waals surface area contributed by atoms with Crippen molar-refractivity contribution in [2.24, 2.45) is 5.92 Å². The van der Waals surface area contributed by atoms with Gasteiger partial charge < -0.3 is 15.2 Å². The van der Waals surface area contributed by atoms with Crippen molar-refractivity contribution in [2.45, 2.75) is 25.8 Å². The van der Waals surface area contributed by atoms with Gasteiger partial charge in [-0.1, -0.05) is 12.1 Å². The van der Waals surface area contributed by atoms with E-state index in [1.165, 1.54) is 0 Å². The van der Waals surface area contributed by atoms with Crippen molar-refractivity contribution >= 4 is 0 Å². The smallest absolute Gasteiger partial charge is 0.168 e. The van der Waals surface area contributed by atoms with E-state index in [9.17, 15) is 9.50 Å². The topological polar surface area (TPSA) is 44.7 Å². The predicted molar refractivity (Wildman–Crippen MR) is 83.5 cm³/mol. The fraction of sp³-hybridized carbons (Fsp3) is 0.647. The number of phenols is 1. The van der Waals surface area contributed by atoms with E-state index in [2.05, 4.69) is 10.2 Å². The summed E-state index contributed by atoms with van der Waals surface area (Å²) in [5.41, 5.74) is 1.23. The molecule has 2 N–H and O–H groups in total. The molecule has 1 aromatic rings. The highest BCUT2D eigenvalue weighted by Gasteiger charge is 2.33. The van der Waals surface area contributed by atoms with Crippen LogP contribution >= 0.6 is 0 Å². The second kappa shape index (κ2) is 6.94. The summed E-state index contributed by atoms with van der Waals surface area (Å²) in [6.07, 6.45) is 1.92. The van der Waals surface area contributed by atoms with Crippen molar-refractivity contribution in [3.8, 4) is 5.75 Å². The summed E-state index contributed by atoms with van der Waals surface area (Å²) in [6, 6.07) is 3.75. The Morgan fingerprint density at radius 1 is 1.27 bits per heavy atom. The fourth-order valence-corrected chi connectivity index (χ4v) is 3.66. The standard InChI is InChI=1S/C17H25FN2O2/c1-12-2-3-14(17(21)15(12)18)16(13-4-10-22-11-5-13)20-8-6-19-7-9-20/h2-3,13,16,19,21H,4-11H2,1H3/t16-/m0/s1. The number of phenolic OH excluding ortho intramolecular Hbond substituents is 1. The molecule has 0 unspecified atom stereocenters. The molecule has 4 nitrogen and oxygen atoms in total. The minimum atomic E-state index is -0.482. The number of piperazine rings is 1. The number of aromatic hydroxyl groups is 1. The van der Waals surface area contributed by atoms with E-state index < -0.39 is 5.82 Å². The Hall–Kier alpha value is -1.17. The molecule has 2 heterocycles. The molecule has 0 amide bonds. The Bertz CT molecular complexity index is 494. The highest BCUT2D eigenvalue weighted by molar-refractivity contribution is 5.40. The molecule has 3 rings (SSSR count). The molecular formula is C17H25FN2O2. The first-order chi connectivity index (χ1) is 10.7. The van der Waals surface area contributed by atoms with Gasteiger partial charge >= 0.3 is 0 Å². The molecule has 0 aromatic heterocycles. The Morgan fingerprint density at radius 2 is 1.95 bits per heavy atom. The van der Waals surface area contributed by atoms with Crippen LogP contribution in [-0.4, -0.2) is 49.4 Å². The first kappa shape index (κ1) is 15.7. The van der Waals surface area contributed by atoms with Crippen LogP contribution in [0.1, 0.15) is 30.0 Å². The lowest BCUT2D eigenvalue weighted by atomic mass is 9.84. The number of ether oxygens (including phenoxy) is 1. The van der Waals surface area contributed by atoms with Crippen LogP contribution in [0.3, 0.4) is 0 Å². The summed E-state index contributed by atoms with van der Waals surface area (Å²) in [5.74, 6) is -0.250. The van der Waals surface area contributed by atoms with Gasteiger partial charge in [0.2, 0.25) is 0 Å². The van der Waals surface area contributed by atoms with Gasteiger partial charge in [0.05, 0.1) is 0 Å². The molecule has 0 aliphatic carbocycles. The number of nitrogens with zero attached hydrogens (tertiary/aromatic N) is 1. The van der Waals surface area contributed by atoms with E-state index in [4.69, 9.17) is 4.74 Å². The number of rotatable bonds is 3. The van der Waals surface area contributed by atoms with Crippen molar-refractivity contribution in [2.75, 3.05) is 39.4 Å². The number of halogens is 1. The van der Waals surface area contributed by atoms with Gasteiger partial charge in [-0.3, -0.25) is 4.90 Å². The molecule has 122 valence electrons. The van der Waals surface area contributed by atoms with Gasteiger partial charge in [-0.15, -0.1) is 0 Å². The summed E-state index contributed by atoms with van der Waals surface area (Å²) in [6.45, 7) is 6.93. The van der Waals surface area contributed by atoms with Crippen LogP contribution in [0.5, 0.6) is 5.75 Å². The van der Waals surface area contributed by atoms with Crippen LogP contribution in [0.4, 0.5) is 4.39 Å². The first-order valence-electron chi connectivity index (χ1n) is 8.19. The average Bonchev–Trinajstić information content (AvgIpc) is 2.57. The van der Waals surface area contributed by atoms with Crippen LogP contribution in [0.2, 0.25) is 0 Å². The number of hydrogen-bond donors (Lipinski definition) is 2. The third-order valence-corrected chi connectivity index (χ3v) is 4.92. The van der Waals surface area contributed by atoms with Gasteiger partial charge in [-0.25, -0.2) is 4.39 Å². The summed E-state index contributed by atoms with van der Waals surface area (Å²) < 4.78 is 19.7. The lowest BCUT2D eigenvalue weighted by Gasteiger charge is -2.41. The molecule has 2 fully saturated rings. The lowest BCUT2D eigenvalue weighted by Crippen LogP contribution is -2.47. The zero-order valence-corrected chi connectivity index (χ0v) is 13.1. The third kappa shape index (κ3) is 3.12. The van der Waals surface area contributed by atoms with Gasteiger partial charge in [0.1, 0.15) is 0 Å². The molecule has 2 aliphatic rings. The summed E-state index contributed by atoms with van der Waals surface area (Å²) in [4.78, 5) is 2.39. The lowest BCUT2D eigenvalue weighted by molar-refractivity contribution is 0.0205. The second-order valence-corrected chi connectivity index (χ2v) is 6.31. The largest absolute Gasteiger partial charge is 0.505 e. The minimum absolute atomic E-state index is 0.0705. The van der Waals surface area contributed by atoms with Gasteiger partial charge in [-0.2, -0.15) is 0 Å². The molecule has 0 spiro atoms. The quantitative estimate of drug-likeness (QED) is 0.899. The van der Waals surface area contributed by atoms with E-state index in [1.807, 2.05) is 6.07 Å². The van der Waals surface area contributed by atoms with E-state index in [1.54, 1.807) is 13.0 Å². The van der Waals surface area contributed by atoms with E-state index in [0.29, 0.717) is 11.5 Å². The molecular weight excluding hydrogens is 283 g/mol. The van der Waals surface area contributed by atoms with Crippen molar-refractivity contribution in [3.05, 3.63) is 29.1 Å². The normalized spacial score (nSPS) is 22.6. The summed E-state index contributed by atoms with van der Waals surface area (Å²) in [5, 5.41) is 13.7. The number of nitrogens with one attached hydrogen (secondary N) is 1. The molecule has 1 atom stereocenters. The molecule has 1 aromatic carbocycles. The van der Waals surface area contributed by atoms with Gasteiger partial charge in [0.25, 0.3) is 0 Å². The van der Waals surface area contributed by atoms with Crippen molar-refractivity contribution in [1.29, 1.82) is 0 Å². The van der Waals surface area contributed by atoms with Crippen molar-refractivity contribution in [3.63, 3.8) is 0 Å². The SMILES string of the molecule is Cc1ccc([C@H](C2CCOCC2)N2CCNCC2)c(O)c1F. The second-order valence-electron chi connectivity index (χ2n) is 6.31. The zero-order valence-electron chi connectivity index (χ0n) is 13.1. The maximum atomic E-state index is 14.2. The number of hydrogen-bond acceptors (Lipinski definition) is 4. The molecule has 0 radical (unpaired) electrons. The summed E-state index contributed by atoms with van der Waals surface area (Å²) >= 11 is 0. The van der Waals surface area contributed by atoms with E-state index >= 15 is 0 Å². The van der Waals surface area contributed by atoms with Gasteiger partial charge in [0, 0.05) is 51.0 Å². The zero-order chi connectivity index (χ0) is 15.5. The van der Waals surface area contributed by atoms with E-state index in [-0.39, 0.29) is 11.8 Å². The van der Waals surface area contributed by atoms with Crippen LogP contribution in [0.25, 0.3) is 0 Å². The molecule has 2 aliphatic heterocycles. The minimum Gasteiger partial charge on any atom is -0.505 e. The monoisotopic (exact) mass is 308 g/mol. The Morgan fingerprint density at radius 3 is 2.64 bits per heavy atom.